The number of rotatable bonds is 4. The van der Waals surface area contributed by atoms with Crippen LogP contribution in [0.25, 0.3) is 0 Å². The minimum Gasteiger partial charge on any atom is -0.252 e. The molecule has 144 valence electrons. The first-order valence-corrected chi connectivity index (χ1v) is 10.9. The van der Waals surface area contributed by atoms with Crippen molar-refractivity contribution in [2.45, 2.75) is 72.1 Å². The Kier molecular flexibility index (Phi) is 6.88. The van der Waals surface area contributed by atoms with Gasteiger partial charge in [0.2, 0.25) is 0 Å². The van der Waals surface area contributed by atoms with E-state index in [0.29, 0.717) is 0 Å². The van der Waals surface area contributed by atoms with Gasteiger partial charge in [-0.15, -0.1) is 0 Å². The average molecular weight is 362 g/mol. The minimum atomic E-state index is 0.743. The van der Waals surface area contributed by atoms with Crippen LogP contribution in [0.15, 0.2) is 53.5 Å². The van der Waals surface area contributed by atoms with Crippen molar-refractivity contribution in [3.8, 4) is 0 Å². The lowest BCUT2D eigenvalue weighted by Gasteiger charge is -2.30. The molecule has 2 aliphatic rings. The maximum absolute atomic E-state index is 4.87. The normalized spacial score (nSPS) is 21.3. The van der Waals surface area contributed by atoms with Crippen LogP contribution >= 0.6 is 0 Å². The third-order valence-corrected chi connectivity index (χ3v) is 5.95. The summed E-state index contributed by atoms with van der Waals surface area (Å²) in [5, 5.41) is 0. The molecular weight excluding hydrogens is 326 g/mol. The lowest BCUT2D eigenvalue weighted by Crippen LogP contribution is -2.15. The van der Waals surface area contributed by atoms with Gasteiger partial charge in [0.1, 0.15) is 0 Å². The van der Waals surface area contributed by atoms with E-state index in [1.165, 1.54) is 54.5 Å². The quantitative estimate of drug-likeness (QED) is 0.529. The van der Waals surface area contributed by atoms with E-state index >= 15 is 0 Å². The summed E-state index contributed by atoms with van der Waals surface area (Å²) in [5.41, 5.74) is 6.59. The Hall–Kier alpha value is -1.89. The van der Waals surface area contributed by atoms with Crippen LogP contribution in [0, 0.1) is 11.8 Å². The summed E-state index contributed by atoms with van der Waals surface area (Å²) in [5.74, 6) is 2.53. The predicted molar refractivity (Wildman–Crippen MR) is 118 cm³/mol. The highest BCUT2D eigenvalue weighted by atomic mass is 14.8. The van der Waals surface area contributed by atoms with Crippen LogP contribution in [0.3, 0.4) is 0 Å². The van der Waals surface area contributed by atoms with Crippen molar-refractivity contribution in [2.75, 3.05) is 0 Å². The Labute approximate surface area is 165 Å². The summed E-state index contributed by atoms with van der Waals surface area (Å²) < 4.78 is 0. The van der Waals surface area contributed by atoms with Gasteiger partial charge >= 0.3 is 0 Å². The molecule has 1 aliphatic carbocycles. The van der Waals surface area contributed by atoms with Crippen molar-refractivity contribution >= 4 is 11.4 Å². The number of aliphatic imine (C=N–C) groups is 1. The molecule has 1 heterocycles. The molecule has 2 aromatic carbocycles. The zero-order valence-corrected chi connectivity index (χ0v) is 17.5. The molecule has 0 atom stereocenters. The summed E-state index contributed by atoms with van der Waals surface area (Å²) in [4.78, 5) is 4.87. The molecule has 1 fully saturated rings. The topological polar surface area (TPSA) is 12.4 Å². The van der Waals surface area contributed by atoms with Crippen LogP contribution in [0.4, 0.5) is 5.69 Å². The molecule has 1 aliphatic heterocycles. The molecule has 1 saturated carbocycles. The lowest BCUT2D eigenvalue weighted by molar-refractivity contribution is 0.283. The van der Waals surface area contributed by atoms with Crippen LogP contribution < -0.4 is 0 Å². The number of nitrogens with zero attached hydrogens (tertiary/aromatic N) is 1. The van der Waals surface area contributed by atoms with Crippen LogP contribution in [-0.2, 0) is 6.42 Å². The van der Waals surface area contributed by atoms with Crippen molar-refractivity contribution < 1.29 is 0 Å². The van der Waals surface area contributed by atoms with Crippen molar-refractivity contribution in [2.24, 2.45) is 16.8 Å². The highest BCUT2D eigenvalue weighted by Gasteiger charge is 2.23. The van der Waals surface area contributed by atoms with Gasteiger partial charge in [-0.25, -0.2) is 0 Å². The minimum absolute atomic E-state index is 0.743. The summed E-state index contributed by atoms with van der Waals surface area (Å²) in [6, 6.07) is 17.7. The molecule has 2 aromatic rings. The Morgan fingerprint density at radius 2 is 1.67 bits per heavy atom. The number of hydrogen-bond donors (Lipinski definition) is 0. The van der Waals surface area contributed by atoms with E-state index in [0.717, 1.165) is 29.9 Å². The fraction of sp³-hybridized carbons (Fsp3) is 0.500. The fourth-order valence-corrected chi connectivity index (χ4v) is 4.67. The van der Waals surface area contributed by atoms with Gasteiger partial charge in [-0.2, -0.15) is 0 Å². The molecule has 0 amide bonds. The number of fused-ring (bicyclic) bond motifs is 1. The Balaban J connectivity index is 0.00000102. The van der Waals surface area contributed by atoms with E-state index in [4.69, 9.17) is 4.99 Å². The smallest absolute Gasteiger partial charge is 0.0669 e. The fourth-order valence-electron chi connectivity index (χ4n) is 4.67. The molecular formula is C26H35N. The predicted octanol–water partition coefficient (Wildman–Crippen LogP) is 7.71. The third-order valence-electron chi connectivity index (χ3n) is 5.95. The van der Waals surface area contributed by atoms with Crippen LogP contribution in [-0.4, -0.2) is 5.71 Å². The molecule has 0 saturated heterocycles. The van der Waals surface area contributed by atoms with Gasteiger partial charge in [0.05, 0.1) is 11.4 Å². The van der Waals surface area contributed by atoms with Crippen LogP contribution in [0.1, 0.15) is 82.4 Å². The molecule has 0 unspecified atom stereocenters. The van der Waals surface area contributed by atoms with E-state index in [-0.39, 0.29) is 0 Å². The Bertz CT molecular complexity index is 763. The van der Waals surface area contributed by atoms with Gasteiger partial charge in [0.25, 0.3) is 0 Å². The average Bonchev–Trinajstić information content (AvgIpc) is 3.14. The van der Waals surface area contributed by atoms with Crippen LogP contribution in [0.2, 0.25) is 0 Å². The SMILES string of the molecule is CC.CC(C)CC1CCC(c2cccc(C3=Nc4ccccc4C3)c2)CC1. The summed E-state index contributed by atoms with van der Waals surface area (Å²) in [7, 11) is 0. The van der Waals surface area contributed by atoms with Gasteiger partial charge in [0.15, 0.2) is 0 Å². The molecule has 0 spiro atoms. The van der Waals surface area contributed by atoms with E-state index in [1.54, 1.807) is 0 Å². The largest absolute Gasteiger partial charge is 0.252 e. The summed E-state index contributed by atoms with van der Waals surface area (Å²) in [6.45, 7) is 8.71. The molecule has 0 N–H and O–H groups in total. The molecule has 0 radical (unpaired) electrons. The standard InChI is InChI=1S/C24H29N.C2H6/c1-17(2)14-18-10-12-19(13-11-18)20-7-5-8-21(15-20)24-16-22-6-3-4-9-23(22)25-24;1-2/h3-9,15,17-19H,10-14,16H2,1-2H3;1-2H3. The Morgan fingerprint density at radius 3 is 2.37 bits per heavy atom. The van der Waals surface area contributed by atoms with Crippen molar-refractivity contribution in [3.63, 3.8) is 0 Å². The second-order valence-corrected chi connectivity index (χ2v) is 8.34. The first-order chi connectivity index (χ1) is 13.2. The highest BCUT2D eigenvalue weighted by Crippen LogP contribution is 2.38. The van der Waals surface area contributed by atoms with Gasteiger partial charge in [-0.05, 0) is 78.7 Å². The molecule has 4 rings (SSSR count). The zero-order chi connectivity index (χ0) is 19.2. The Morgan fingerprint density at radius 1 is 0.926 bits per heavy atom. The number of para-hydroxylation sites is 1. The molecule has 0 bridgehead atoms. The van der Waals surface area contributed by atoms with Crippen molar-refractivity contribution in [1.29, 1.82) is 0 Å². The maximum Gasteiger partial charge on any atom is 0.0669 e. The summed E-state index contributed by atoms with van der Waals surface area (Å²) >= 11 is 0. The van der Waals surface area contributed by atoms with Gasteiger partial charge < -0.3 is 0 Å². The van der Waals surface area contributed by atoms with E-state index < -0.39 is 0 Å². The highest BCUT2D eigenvalue weighted by molar-refractivity contribution is 6.06. The van der Waals surface area contributed by atoms with E-state index in [9.17, 15) is 0 Å². The van der Waals surface area contributed by atoms with Gasteiger partial charge in [-0.3, -0.25) is 4.99 Å². The van der Waals surface area contributed by atoms with E-state index in [2.05, 4.69) is 62.4 Å². The second kappa shape index (κ2) is 9.35. The van der Waals surface area contributed by atoms with Gasteiger partial charge in [-0.1, -0.05) is 64.1 Å². The zero-order valence-electron chi connectivity index (χ0n) is 17.5. The molecule has 0 aromatic heterocycles. The summed E-state index contributed by atoms with van der Waals surface area (Å²) in [6.07, 6.45) is 7.89. The van der Waals surface area contributed by atoms with Crippen molar-refractivity contribution in [3.05, 3.63) is 65.2 Å². The maximum atomic E-state index is 4.87. The second-order valence-electron chi connectivity index (χ2n) is 8.34. The monoisotopic (exact) mass is 361 g/mol. The molecule has 1 heteroatoms. The van der Waals surface area contributed by atoms with Crippen LogP contribution in [0.5, 0.6) is 0 Å². The first kappa shape index (κ1) is 19.9. The number of benzene rings is 2. The number of hydrogen-bond acceptors (Lipinski definition) is 1. The molecule has 27 heavy (non-hydrogen) atoms. The lowest BCUT2D eigenvalue weighted by atomic mass is 9.76. The third kappa shape index (κ3) is 4.89. The molecule has 1 nitrogen and oxygen atoms in total. The van der Waals surface area contributed by atoms with E-state index in [1.807, 2.05) is 13.8 Å². The first-order valence-electron chi connectivity index (χ1n) is 10.9. The van der Waals surface area contributed by atoms with Crippen molar-refractivity contribution in [1.82, 2.24) is 0 Å². The van der Waals surface area contributed by atoms with Gasteiger partial charge in [0, 0.05) is 6.42 Å².